The van der Waals surface area contributed by atoms with Crippen LogP contribution in [-0.2, 0) is 6.54 Å². The normalized spacial score (nSPS) is 14.7. The minimum absolute atomic E-state index is 1.00. The highest BCUT2D eigenvalue weighted by molar-refractivity contribution is 5.61. The number of H-pyrrole nitrogens is 1. The number of fused-ring (bicyclic) bond motifs is 1. The molecule has 0 unspecified atom stereocenters. The first-order chi connectivity index (χ1) is 7.36. The second-order valence-corrected chi connectivity index (χ2v) is 3.89. The van der Waals surface area contributed by atoms with E-state index >= 15 is 0 Å². The van der Waals surface area contributed by atoms with Gasteiger partial charge in [-0.1, -0.05) is 0 Å². The van der Waals surface area contributed by atoms with E-state index in [0.29, 0.717) is 0 Å². The zero-order valence-corrected chi connectivity index (χ0v) is 8.75. The molecule has 1 aliphatic heterocycles. The van der Waals surface area contributed by atoms with Gasteiger partial charge < -0.3 is 14.9 Å². The van der Waals surface area contributed by atoms with Gasteiger partial charge in [-0.2, -0.15) is 0 Å². The molecule has 0 saturated heterocycles. The van der Waals surface area contributed by atoms with E-state index in [2.05, 4.69) is 32.8 Å². The third-order valence-electron chi connectivity index (χ3n) is 2.92. The molecule has 0 atom stereocenters. The molecule has 0 bridgehead atoms. The number of rotatable bonds is 1. The van der Waals surface area contributed by atoms with Crippen LogP contribution in [0.1, 0.15) is 12.1 Å². The second kappa shape index (κ2) is 3.15. The van der Waals surface area contributed by atoms with E-state index in [-0.39, 0.29) is 0 Å². The Morgan fingerprint density at radius 1 is 1.47 bits per heavy atom. The summed E-state index contributed by atoms with van der Waals surface area (Å²) in [5, 5.41) is 3.32. The molecular formula is C11H14N4. The first-order valence-corrected chi connectivity index (χ1v) is 5.31. The fraction of sp³-hybridized carbons (Fsp3) is 0.364. The van der Waals surface area contributed by atoms with Crippen molar-refractivity contribution in [1.82, 2.24) is 14.5 Å². The topological polar surface area (TPSA) is 45.6 Å². The molecule has 0 aromatic carbocycles. The first-order valence-electron chi connectivity index (χ1n) is 5.31. The zero-order valence-electron chi connectivity index (χ0n) is 8.75. The van der Waals surface area contributed by atoms with Gasteiger partial charge in [-0.05, 0) is 25.5 Å². The number of imidazole rings is 1. The number of aromatic amines is 1. The third kappa shape index (κ3) is 1.25. The number of nitrogens with zero attached hydrogens (tertiary/aromatic N) is 2. The first kappa shape index (κ1) is 8.59. The van der Waals surface area contributed by atoms with Gasteiger partial charge in [0.25, 0.3) is 0 Å². The Morgan fingerprint density at radius 3 is 3.13 bits per heavy atom. The molecule has 4 heteroatoms. The van der Waals surface area contributed by atoms with Crippen molar-refractivity contribution in [2.45, 2.75) is 19.9 Å². The summed E-state index contributed by atoms with van der Waals surface area (Å²) in [6, 6.07) is 4.06. The van der Waals surface area contributed by atoms with E-state index < -0.39 is 0 Å². The maximum atomic E-state index is 4.61. The fourth-order valence-corrected chi connectivity index (χ4v) is 2.11. The standard InChI is InChI=1S/C11H14N4/c1-8-10(9-4-2-5-12-9)14-11-13-6-3-7-15(8)11/h2,4-5,12H,3,6-7H2,1H3,(H,13,14). The summed E-state index contributed by atoms with van der Waals surface area (Å²) in [6.45, 7) is 4.22. The van der Waals surface area contributed by atoms with Crippen LogP contribution in [0.3, 0.4) is 0 Å². The Morgan fingerprint density at radius 2 is 2.40 bits per heavy atom. The van der Waals surface area contributed by atoms with Gasteiger partial charge in [0.2, 0.25) is 5.95 Å². The molecule has 78 valence electrons. The highest BCUT2D eigenvalue weighted by Crippen LogP contribution is 2.26. The second-order valence-electron chi connectivity index (χ2n) is 3.89. The minimum atomic E-state index is 1.00. The van der Waals surface area contributed by atoms with Gasteiger partial charge >= 0.3 is 0 Å². The summed E-state index contributed by atoms with van der Waals surface area (Å²) in [5.41, 5.74) is 3.39. The van der Waals surface area contributed by atoms with Crippen LogP contribution in [0.15, 0.2) is 18.3 Å². The van der Waals surface area contributed by atoms with Crippen LogP contribution in [0.4, 0.5) is 5.95 Å². The van der Waals surface area contributed by atoms with Crippen LogP contribution < -0.4 is 5.32 Å². The molecule has 1 aliphatic rings. The van der Waals surface area contributed by atoms with Gasteiger partial charge in [0, 0.05) is 25.0 Å². The van der Waals surface area contributed by atoms with Crippen molar-refractivity contribution in [3.63, 3.8) is 0 Å². The lowest BCUT2D eigenvalue weighted by Crippen LogP contribution is -2.17. The maximum absolute atomic E-state index is 4.61. The average Bonchev–Trinajstić information content (AvgIpc) is 2.87. The SMILES string of the molecule is Cc1c(-c2ccc[nH]2)nc2n1CCCN2. The molecule has 0 spiro atoms. The van der Waals surface area contributed by atoms with Gasteiger partial charge in [-0.25, -0.2) is 4.98 Å². The lowest BCUT2D eigenvalue weighted by Gasteiger charge is -2.16. The van der Waals surface area contributed by atoms with Gasteiger partial charge in [-0.3, -0.25) is 0 Å². The van der Waals surface area contributed by atoms with Crippen LogP contribution in [0.2, 0.25) is 0 Å². The van der Waals surface area contributed by atoms with Crippen LogP contribution in [0.25, 0.3) is 11.4 Å². The molecule has 3 rings (SSSR count). The third-order valence-corrected chi connectivity index (χ3v) is 2.92. The fourth-order valence-electron chi connectivity index (χ4n) is 2.11. The maximum Gasteiger partial charge on any atom is 0.203 e. The lowest BCUT2D eigenvalue weighted by atomic mass is 10.2. The van der Waals surface area contributed by atoms with E-state index in [1.807, 2.05) is 12.3 Å². The van der Waals surface area contributed by atoms with Crippen LogP contribution in [0, 0.1) is 6.92 Å². The lowest BCUT2D eigenvalue weighted by molar-refractivity contribution is 0.615. The number of nitrogens with one attached hydrogen (secondary N) is 2. The van der Waals surface area contributed by atoms with Gasteiger partial charge in [-0.15, -0.1) is 0 Å². The molecule has 0 amide bonds. The van der Waals surface area contributed by atoms with E-state index in [1.165, 1.54) is 12.1 Å². The summed E-state index contributed by atoms with van der Waals surface area (Å²) in [5.74, 6) is 1.00. The van der Waals surface area contributed by atoms with Crippen molar-refractivity contribution in [2.75, 3.05) is 11.9 Å². The van der Waals surface area contributed by atoms with Crippen LogP contribution in [-0.4, -0.2) is 21.1 Å². The number of hydrogen-bond acceptors (Lipinski definition) is 2. The Hall–Kier alpha value is -1.71. The van der Waals surface area contributed by atoms with E-state index in [9.17, 15) is 0 Å². The molecule has 15 heavy (non-hydrogen) atoms. The van der Waals surface area contributed by atoms with Crippen molar-refractivity contribution in [3.8, 4) is 11.4 Å². The van der Waals surface area contributed by atoms with Crippen molar-refractivity contribution < 1.29 is 0 Å². The summed E-state index contributed by atoms with van der Waals surface area (Å²) < 4.78 is 2.25. The Kier molecular flexibility index (Phi) is 1.80. The molecule has 0 saturated carbocycles. The molecule has 2 aromatic rings. The Balaban J connectivity index is 2.13. The molecule has 2 N–H and O–H groups in total. The largest absolute Gasteiger partial charge is 0.360 e. The number of aromatic nitrogens is 3. The molecule has 0 aliphatic carbocycles. The number of hydrogen-bond donors (Lipinski definition) is 2. The van der Waals surface area contributed by atoms with Crippen LogP contribution >= 0.6 is 0 Å². The molecule has 0 fully saturated rings. The van der Waals surface area contributed by atoms with Crippen LogP contribution in [0.5, 0.6) is 0 Å². The highest BCUT2D eigenvalue weighted by Gasteiger charge is 2.17. The number of anilines is 1. The molecule has 0 radical (unpaired) electrons. The van der Waals surface area contributed by atoms with Gasteiger partial charge in [0.05, 0.1) is 5.69 Å². The summed E-state index contributed by atoms with van der Waals surface area (Å²) in [4.78, 5) is 7.81. The van der Waals surface area contributed by atoms with E-state index in [0.717, 1.165) is 30.4 Å². The van der Waals surface area contributed by atoms with Gasteiger partial charge in [0.15, 0.2) is 0 Å². The summed E-state index contributed by atoms with van der Waals surface area (Å²) in [7, 11) is 0. The molecule has 4 nitrogen and oxygen atoms in total. The van der Waals surface area contributed by atoms with Crippen molar-refractivity contribution >= 4 is 5.95 Å². The predicted molar refractivity (Wildman–Crippen MR) is 59.9 cm³/mol. The summed E-state index contributed by atoms with van der Waals surface area (Å²) in [6.07, 6.45) is 3.11. The van der Waals surface area contributed by atoms with Crippen molar-refractivity contribution in [1.29, 1.82) is 0 Å². The van der Waals surface area contributed by atoms with Gasteiger partial charge in [0.1, 0.15) is 5.69 Å². The Bertz CT molecular complexity index is 467. The predicted octanol–water partition coefficient (Wildman–Crippen LogP) is 2.00. The van der Waals surface area contributed by atoms with E-state index in [4.69, 9.17) is 0 Å². The Labute approximate surface area is 88.3 Å². The monoisotopic (exact) mass is 202 g/mol. The molecular weight excluding hydrogens is 188 g/mol. The zero-order chi connectivity index (χ0) is 10.3. The highest BCUT2D eigenvalue weighted by atomic mass is 15.2. The van der Waals surface area contributed by atoms with Crippen molar-refractivity contribution in [3.05, 3.63) is 24.0 Å². The summed E-state index contributed by atoms with van der Waals surface area (Å²) >= 11 is 0. The molecule has 2 aromatic heterocycles. The quantitative estimate of drug-likeness (QED) is 0.743. The smallest absolute Gasteiger partial charge is 0.203 e. The molecule has 3 heterocycles. The average molecular weight is 202 g/mol. The van der Waals surface area contributed by atoms with E-state index in [1.54, 1.807) is 0 Å². The van der Waals surface area contributed by atoms with Crippen molar-refractivity contribution in [2.24, 2.45) is 0 Å². The minimum Gasteiger partial charge on any atom is -0.360 e.